The summed E-state index contributed by atoms with van der Waals surface area (Å²) in [5.74, 6) is 2.44. The summed E-state index contributed by atoms with van der Waals surface area (Å²) < 4.78 is 0. The zero-order chi connectivity index (χ0) is 12.1. The molecule has 0 aromatic carbocycles. The number of hydrogen-bond donors (Lipinski definition) is 1. The summed E-state index contributed by atoms with van der Waals surface area (Å²) in [5, 5.41) is 0. The van der Waals surface area contributed by atoms with Gasteiger partial charge in [0.1, 0.15) is 0 Å². The standard InChI is InChI=1S/C12H24N2OS/c1-9-4-6-14(8-10(9)2)12(15)11(13)5-7-16-3/h9-11H,4-8,13H2,1-3H3/t9?,10?,11-/m1/s1. The molecule has 1 rings (SSSR count). The Kier molecular flexibility index (Phi) is 5.62. The van der Waals surface area contributed by atoms with Crippen LogP contribution in [0.3, 0.4) is 0 Å². The molecule has 16 heavy (non-hydrogen) atoms. The zero-order valence-electron chi connectivity index (χ0n) is 10.6. The Balaban J connectivity index is 2.42. The van der Waals surface area contributed by atoms with Crippen LogP contribution < -0.4 is 5.73 Å². The van der Waals surface area contributed by atoms with E-state index in [-0.39, 0.29) is 11.9 Å². The molecule has 0 spiro atoms. The van der Waals surface area contributed by atoms with Gasteiger partial charge < -0.3 is 10.6 Å². The van der Waals surface area contributed by atoms with Crippen molar-refractivity contribution in [3.8, 4) is 0 Å². The minimum Gasteiger partial charge on any atom is -0.341 e. The molecule has 3 nitrogen and oxygen atoms in total. The first-order chi connectivity index (χ1) is 7.56. The fraction of sp³-hybridized carbons (Fsp3) is 0.917. The van der Waals surface area contributed by atoms with E-state index in [1.54, 1.807) is 11.8 Å². The van der Waals surface area contributed by atoms with E-state index in [1.165, 1.54) is 0 Å². The van der Waals surface area contributed by atoms with Crippen LogP contribution in [-0.2, 0) is 4.79 Å². The average molecular weight is 244 g/mol. The molecular weight excluding hydrogens is 220 g/mol. The van der Waals surface area contributed by atoms with Gasteiger partial charge in [-0.1, -0.05) is 13.8 Å². The highest BCUT2D eigenvalue weighted by Gasteiger charge is 2.28. The van der Waals surface area contributed by atoms with Gasteiger partial charge in [0, 0.05) is 13.1 Å². The number of thioether (sulfide) groups is 1. The van der Waals surface area contributed by atoms with Gasteiger partial charge in [-0.25, -0.2) is 0 Å². The van der Waals surface area contributed by atoms with Crippen LogP contribution in [0.25, 0.3) is 0 Å². The van der Waals surface area contributed by atoms with Crippen molar-refractivity contribution in [3.05, 3.63) is 0 Å². The van der Waals surface area contributed by atoms with Crippen molar-refractivity contribution in [2.75, 3.05) is 25.1 Å². The number of piperidine rings is 1. The molecular formula is C12H24N2OS. The molecule has 4 heteroatoms. The number of rotatable bonds is 4. The minimum atomic E-state index is -0.298. The molecule has 2 unspecified atom stereocenters. The highest BCUT2D eigenvalue weighted by molar-refractivity contribution is 7.98. The number of carbonyl (C=O) groups is 1. The molecule has 3 atom stereocenters. The molecule has 1 amide bonds. The SMILES string of the molecule is CSCC[C@@H](N)C(=O)N1CCC(C)C(C)C1. The fourth-order valence-corrected chi connectivity index (χ4v) is 2.56. The van der Waals surface area contributed by atoms with Crippen LogP contribution in [0.15, 0.2) is 0 Å². The molecule has 1 aliphatic rings. The lowest BCUT2D eigenvalue weighted by atomic mass is 9.88. The van der Waals surface area contributed by atoms with Crippen molar-refractivity contribution in [1.82, 2.24) is 4.90 Å². The van der Waals surface area contributed by atoms with E-state index >= 15 is 0 Å². The monoisotopic (exact) mass is 244 g/mol. The maximum atomic E-state index is 12.0. The number of nitrogens with two attached hydrogens (primary N) is 1. The van der Waals surface area contributed by atoms with Gasteiger partial charge in [0.25, 0.3) is 0 Å². The highest BCUT2D eigenvalue weighted by atomic mass is 32.2. The first-order valence-electron chi connectivity index (χ1n) is 6.09. The van der Waals surface area contributed by atoms with Crippen molar-refractivity contribution >= 4 is 17.7 Å². The average Bonchev–Trinajstić information content (AvgIpc) is 2.28. The predicted molar refractivity (Wildman–Crippen MR) is 70.5 cm³/mol. The van der Waals surface area contributed by atoms with E-state index in [4.69, 9.17) is 5.73 Å². The number of amides is 1. The molecule has 2 N–H and O–H groups in total. The maximum Gasteiger partial charge on any atom is 0.239 e. The highest BCUT2D eigenvalue weighted by Crippen LogP contribution is 2.22. The van der Waals surface area contributed by atoms with E-state index in [0.29, 0.717) is 5.92 Å². The Hall–Kier alpha value is -0.220. The first kappa shape index (κ1) is 13.8. The van der Waals surface area contributed by atoms with E-state index in [2.05, 4.69) is 13.8 Å². The smallest absolute Gasteiger partial charge is 0.239 e. The lowest BCUT2D eigenvalue weighted by Gasteiger charge is -2.36. The maximum absolute atomic E-state index is 12.0. The van der Waals surface area contributed by atoms with Crippen LogP contribution >= 0.6 is 11.8 Å². The molecule has 0 aromatic heterocycles. The number of carbonyl (C=O) groups excluding carboxylic acids is 1. The van der Waals surface area contributed by atoms with E-state index in [9.17, 15) is 4.79 Å². The molecule has 0 bridgehead atoms. The van der Waals surface area contributed by atoms with Crippen LogP contribution in [0, 0.1) is 11.8 Å². The van der Waals surface area contributed by atoms with E-state index in [0.717, 1.165) is 37.6 Å². The third kappa shape index (κ3) is 3.67. The Morgan fingerprint density at radius 1 is 1.50 bits per heavy atom. The van der Waals surface area contributed by atoms with Crippen LogP contribution in [0.4, 0.5) is 0 Å². The van der Waals surface area contributed by atoms with Gasteiger partial charge in [0.15, 0.2) is 0 Å². The molecule has 0 radical (unpaired) electrons. The Labute approximate surface area is 103 Å². The fourth-order valence-electron chi connectivity index (χ4n) is 2.07. The number of hydrogen-bond acceptors (Lipinski definition) is 3. The van der Waals surface area contributed by atoms with E-state index < -0.39 is 0 Å². The normalized spacial score (nSPS) is 27.9. The molecule has 0 saturated carbocycles. The van der Waals surface area contributed by atoms with Gasteiger partial charge in [-0.15, -0.1) is 0 Å². The quantitative estimate of drug-likeness (QED) is 0.816. The van der Waals surface area contributed by atoms with Gasteiger partial charge >= 0.3 is 0 Å². The number of likely N-dealkylation sites (tertiary alicyclic amines) is 1. The Bertz CT molecular complexity index is 235. The summed E-state index contributed by atoms with van der Waals surface area (Å²) in [6.45, 7) is 6.25. The second-order valence-corrected chi connectivity index (χ2v) is 5.90. The molecule has 94 valence electrons. The van der Waals surface area contributed by atoms with Crippen LogP contribution in [0.2, 0.25) is 0 Å². The first-order valence-corrected chi connectivity index (χ1v) is 7.49. The van der Waals surface area contributed by atoms with Gasteiger partial charge in [-0.05, 0) is 36.7 Å². The third-order valence-corrected chi connectivity index (χ3v) is 4.24. The molecule has 0 aromatic rings. The zero-order valence-corrected chi connectivity index (χ0v) is 11.4. The van der Waals surface area contributed by atoms with Crippen molar-refractivity contribution < 1.29 is 4.79 Å². The number of nitrogens with zero attached hydrogens (tertiary/aromatic N) is 1. The van der Waals surface area contributed by atoms with Gasteiger partial charge in [0.05, 0.1) is 6.04 Å². The molecule has 0 aliphatic carbocycles. The van der Waals surface area contributed by atoms with Gasteiger partial charge in [-0.3, -0.25) is 4.79 Å². The summed E-state index contributed by atoms with van der Waals surface area (Å²) in [6.07, 6.45) is 3.95. The molecule has 1 aliphatic heterocycles. The summed E-state index contributed by atoms with van der Waals surface area (Å²) in [5.41, 5.74) is 5.91. The van der Waals surface area contributed by atoms with Crippen molar-refractivity contribution in [2.45, 2.75) is 32.7 Å². The summed E-state index contributed by atoms with van der Waals surface area (Å²) >= 11 is 1.74. The van der Waals surface area contributed by atoms with E-state index in [1.807, 2.05) is 11.2 Å². The van der Waals surface area contributed by atoms with Crippen molar-refractivity contribution in [2.24, 2.45) is 17.6 Å². The van der Waals surface area contributed by atoms with Crippen LogP contribution in [0.5, 0.6) is 0 Å². The third-order valence-electron chi connectivity index (χ3n) is 3.60. The van der Waals surface area contributed by atoms with Crippen molar-refractivity contribution in [3.63, 3.8) is 0 Å². The van der Waals surface area contributed by atoms with Crippen LogP contribution in [-0.4, -0.2) is 41.9 Å². The predicted octanol–water partition coefficient (Wildman–Crippen LogP) is 1.57. The summed E-state index contributed by atoms with van der Waals surface area (Å²) in [6, 6.07) is -0.298. The molecule has 1 heterocycles. The Morgan fingerprint density at radius 2 is 2.19 bits per heavy atom. The second kappa shape index (κ2) is 6.50. The molecule has 1 saturated heterocycles. The second-order valence-electron chi connectivity index (χ2n) is 4.92. The minimum absolute atomic E-state index is 0.146. The molecule has 1 fully saturated rings. The summed E-state index contributed by atoms with van der Waals surface area (Å²) in [7, 11) is 0. The summed E-state index contributed by atoms with van der Waals surface area (Å²) in [4.78, 5) is 14.0. The van der Waals surface area contributed by atoms with Gasteiger partial charge in [-0.2, -0.15) is 11.8 Å². The topological polar surface area (TPSA) is 46.3 Å². The lowest BCUT2D eigenvalue weighted by molar-refractivity contribution is -0.135. The van der Waals surface area contributed by atoms with Crippen LogP contribution in [0.1, 0.15) is 26.7 Å². The Morgan fingerprint density at radius 3 is 2.75 bits per heavy atom. The largest absolute Gasteiger partial charge is 0.341 e. The lowest BCUT2D eigenvalue weighted by Crippen LogP contribution is -2.49. The van der Waals surface area contributed by atoms with Gasteiger partial charge in [0.2, 0.25) is 5.91 Å². The van der Waals surface area contributed by atoms with Crippen molar-refractivity contribution in [1.29, 1.82) is 0 Å².